The van der Waals surface area contributed by atoms with Crippen molar-refractivity contribution in [3.63, 3.8) is 0 Å². The van der Waals surface area contributed by atoms with Gasteiger partial charge in [0.25, 0.3) is 0 Å². The maximum atomic E-state index is 4.97. The molecule has 0 N–H and O–H groups in total. The van der Waals surface area contributed by atoms with E-state index in [0.29, 0.717) is 5.82 Å². The monoisotopic (exact) mass is 541 g/mol. The Morgan fingerprint density at radius 2 is 1.05 bits per heavy atom. The third-order valence-electron chi connectivity index (χ3n) is 7.55. The van der Waals surface area contributed by atoms with Gasteiger partial charge in [0.1, 0.15) is 0 Å². The molecule has 0 saturated carbocycles. The zero-order valence-corrected chi connectivity index (χ0v) is 22.8. The van der Waals surface area contributed by atoms with Crippen LogP contribution in [0, 0.1) is 0 Å². The molecule has 0 aliphatic rings. The van der Waals surface area contributed by atoms with E-state index in [1.165, 1.54) is 25.6 Å². The van der Waals surface area contributed by atoms with Crippen molar-refractivity contribution in [2.24, 2.45) is 0 Å². The maximum Gasteiger partial charge on any atom is 0.160 e. The predicted octanol–water partition coefficient (Wildman–Crippen LogP) is 10.1. The van der Waals surface area contributed by atoms with Crippen LogP contribution in [-0.2, 0) is 0 Å². The van der Waals surface area contributed by atoms with E-state index in [9.17, 15) is 0 Å². The van der Waals surface area contributed by atoms with Gasteiger partial charge in [0.15, 0.2) is 5.82 Å². The first-order valence-corrected chi connectivity index (χ1v) is 14.4. The van der Waals surface area contributed by atoms with E-state index in [1.54, 1.807) is 0 Å². The minimum Gasteiger partial charge on any atom is -0.255 e. The summed E-state index contributed by atoms with van der Waals surface area (Å²) < 4.78 is 2.59. The molecule has 8 aromatic rings. The fourth-order valence-corrected chi connectivity index (χ4v) is 6.65. The van der Waals surface area contributed by atoms with Gasteiger partial charge in [-0.15, -0.1) is 11.3 Å². The lowest BCUT2D eigenvalue weighted by atomic mass is 10.0. The molecule has 0 radical (unpaired) electrons. The van der Waals surface area contributed by atoms with Crippen LogP contribution in [0.1, 0.15) is 0 Å². The normalized spacial score (nSPS) is 11.4. The number of benzene rings is 5. The Balaban J connectivity index is 1.18. The molecule has 3 aromatic heterocycles. The van der Waals surface area contributed by atoms with E-state index in [0.717, 1.165) is 44.7 Å². The molecule has 0 spiro atoms. The van der Waals surface area contributed by atoms with Crippen LogP contribution in [0.5, 0.6) is 0 Å². The van der Waals surface area contributed by atoms with E-state index >= 15 is 0 Å². The summed E-state index contributed by atoms with van der Waals surface area (Å²) in [6, 6.07) is 46.3. The van der Waals surface area contributed by atoms with Crippen LogP contribution in [0.4, 0.5) is 0 Å². The highest BCUT2D eigenvalue weighted by molar-refractivity contribution is 7.26. The van der Waals surface area contributed by atoms with Crippen molar-refractivity contribution in [3.05, 3.63) is 140 Å². The Kier molecular flexibility index (Phi) is 5.64. The van der Waals surface area contributed by atoms with Gasteiger partial charge in [-0.1, -0.05) is 115 Å². The van der Waals surface area contributed by atoms with Crippen molar-refractivity contribution in [1.29, 1.82) is 0 Å². The summed E-state index contributed by atoms with van der Waals surface area (Å²) in [6.45, 7) is 0. The molecule has 3 nitrogen and oxygen atoms in total. The van der Waals surface area contributed by atoms with E-state index < -0.39 is 0 Å². The van der Waals surface area contributed by atoms with E-state index in [2.05, 4.69) is 97.1 Å². The number of thiophene rings is 1. The number of aromatic nitrogens is 3. The summed E-state index contributed by atoms with van der Waals surface area (Å²) in [4.78, 5) is 14.8. The average Bonchev–Trinajstić information content (AvgIpc) is 3.44. The molecule has 5 aromatic carbocycles. The van der Waals surface area contributed by atoms with E-state index in [1.807, 2.05) is 53.9 Å². The molecule has 0 fully saturated rings. The SMILES string of the molecule is c1ccc(-c2cc(-c3ccccc3)nc(-c3ccc(-c4ccc5c(c4)ncc4c6ccccc6sc54)cc3)n2)cc1. The first kappa shape index (κ1) is 23.7. The zero-order valence-electron chi connectivity index (χ0n) is 22.0. The number of hydrogen-bond donors (Lipinski definition) is 0. The van der Waals surface area contributed by atoms with Crippen LogP contribution in [-0.4, -0.2) is 15.0 Å². The van der Waals surface area contributed by atoms with Crippen molar-refractivity contribution in [3.8, 4) is 45.0 Å². The van der Waals surface area contributed by atoms with Gasteiger partial charge in [0, 0.05) is 48.4 Å². The number of pyridine rings is 1. The fourth-order valence-electron chi connectivity index (χ4n) is 5.44. The second kappa shape index (κ2) is 9.77. The largest absolute Gasteiger partial charge is 0.255 e. The molecule has 0 unspecified atom stereocenters. The maximum absolute atomic E-state index is 4.97. The predicted molar refractivity (Wildman–Crippen MR) is 172 cm³/mol. The molecule has 41 heavy (non-hydrogen) atoms. The Morgan fingerprint density at radius 1 is 0.439 bits per heavy atom. The molecule has 0 atom stereocenters. The molecule has 0 saturated heterocycles. The molecule has 0 amide bonds. The lowest BCUT2D eigenvalue weighted by Crippen LogP contribution is -1.95. The van der Waals surface area contributed by atoms with Gasteiger partial charge in [-0.25, -0.2) is 9.97 Å². The highest BCUT2D eigenvalue weighted by Gasteiger charge is 2.12. The first-order chi connectivity index (χ1) is 20.3. The third-order valence-corrected chi connectivity index (χ3v) is 8.77. The van der Waals surface area contributed by atoms with Gasteiger partial charge in [-0.3, -0.25) is 4.98 Å². The minimum absolute atomic E-state index is 0.712. The Hall–Kier alpha value is -5.19. The van der Waals surface area contributed by atoms with E-state index in [4.69, 9.17) is 15.0 Å². The second-order valence-corrected chi connectivity index (χ2v) is 11.2. The lowest BCUT2D eigenvalue weighted by Gasteiger charge is -2.10. The average molecular weight is 542 g/mol. The van der Waals surface area contributed by atoms with Crippen LogP contribution in [0.15, 0.2) is 140 Å². The molecule has 0 aliphatic heterocycles. The Morgan fingerprint density at radius 3 is 1.76 bits per heavy atom. The van der Waals surface area contributed by atoms with Gasteiger partial charge < -0.3 is 0 Å². The Bertz CT molecular complexity index is 2130. The van der Waals surface area contributed by atoms with Crippen molar-refractivity contribution >= 4 is 42.4 Å². The molecule has 0 aliphatic carbocycles. The minimum atomic E-state index is 0.712. The van der Waals surface area contributed by atoms with Gasteiger partial charge >= 0.3 is 0 Å². The smallest absolute Gasteiger partial charge is 0.160 e. The molecule has 4 heteroatoms. The number of rotatable bonds is 4. The highest BCUT2D eigenvalue weighted by Crippen LogP contribution is 2.38. The summed E-state index contributed by atoms with van der Waals surface area (Å²) in [6.07, 6.45) is 2.02. The van der Waals surface area contributed by atoms with Crippen molar-refractivity contribution in [2.75, 3.05) is 0 Å². The molecular formula is C37H23N3S. The van der Waals surface area contributed by atoms with Gasteiger partial charge in [-0.2, -0.15) is 0 Å². The summed E-state index contributed by atoms with van der Waals surface area (Å²) >= 11 is 1.84. The summed E-state index contributed by atoms with van der Waals surface area (Å²) in [5.74, 6) is 0.712. The first-order valence-electron chi connectivity index (χ1n) is 13.6. The summed E-state index contributed by atoms with van der Waals surface area (Å²) in [5, 5.41) is 3.70. The Labute approximate surface area is 241 Å². The standard InChI is InChI=1S/C37H23N3S/c1-3-9-25(10-4-1)32-22-33(26-11-5-2-6-12-26)40-37(39-32)27-17-15-24(16-18-27)28-19-20-30-34(21-28)38-23-31-29-13-7-8-14-35(29)41-36(30)31/h1-23H. The van der Waals surface area contributed by atoms with Crippen LogP contribution >= 0.6 is 11.3 Å². The van der Waals surface area contributed by atoms with Crippen LogP contribution in [0.2, 0.25) is 0 Å². The zero-order chi connectivity index (χ0) is 27.2. The van der Waals surface area contributed by atoms with Crippen molar-refractivity contribution in [2.45, 2.75) is 0 Å². The highest BCUT2D eigenvalue weighted by atomic mass is 32.1. The second-order valence-electron chi connectivity index (χ2n) is 10.1. The number of nitrogens with zero attached hydrogens (tertiary/aromatic N) is 3. The third kappa shape index (κ3) is 4.26. The number of hydrogen-bond acceptors (Lipinski definition) is 4. The van der Waals surface area contributed by atoms with Gasteiger partial charge in [0.05, 0.1) is 16.9 Å². The van der Waals surface area contributed by atoms with Crippen molar-refractivity contribution < 1.29 is 0 Å². The van der Waals surface area contributed by atoms with Crippen LogP contribution in [0.25, 0.3) is 76.1 Å². The van der Waals surface area contributed by atoms with Crippen molar-refractivity contribution in [1.82, 2.24) is 15.0 Å². The van der Waals surface area contributed by atoms with E-state index in [-0.39, 0.29) is 0 Å². The number of fused-ring (bicyclic) bond motifs is 5. The van der Waals surface area contributed by atoms with Crippen LogP contribution in [0.3, 0.4) is 0 Å². The fraction of sp³-hybridized carbons (Fsp3) is 0. The molecular weight excluding hydrogens is 518 g/mol. The molecule has 3 heterocycles. The quantitative estimate of drug-likeness (QED) is 0.222. The lowest BCUT2D eigenvalue weighted by molar-refractivity contribution is 1.18. The topological polar surface area (TPSA) is 38.7 Å². The molecule has 8 rings (SSSR count). The molecule has 192 valence electrons. The summed E-state index contributed by atoms with van der Waals surface area (Å²) in [5.41, 5.74) is 8.23. The summed E-state index contributed by atoms with van der Waals surface area (Å²) in [7, 11) is 0. The van der Waals surface area contributed by atoms with Gasteiger partial charge in [-0.05, 0) is 29.3 Å². The van der Waals surface area contributed by atoms with Crippen LogP contribution < -0.4 is 0 Å². The van der Waals surface area contributed by atoms with Gasteiger partial charge in [0.2, 0.25) is 0 Å². The molecule has 0 bridgehead atoms.